The molecule has 1 aliphatic heterocycles. The van der Waals surface area contributed by atoms with Crippen molar-refractivity contribution in [2.75, 3.05) is 19.6 Å². The van der Waals surface area contributed by atoms with E-state index in [0.29, 0.717) is 13.1 Å². The Labute approximate surface area is 122 Å². The summed E-state index contributed by atoms with van der Waals surface area (Å²) >= 11 is 1.67. The summed E-state index contributed by atoms with van der Waals surface area (Å²) in [5.74, 6) is -0.824. The van der Waals surface area contributed by atoms with Gasteiger partial charge in [-0.2, -0.15) is 0 Å². The van der Waals surface area contributed by atoms with E-state index in [2.05, 4.69) is 5.32 Å². The molecule has 1 saturated heterocycles. The number of hydrogen-bond acceptors (Lipinski definition) is 4. The van der Waals surface area contributed by atoms with E-state index in [-0.39, 0.29) is 18.4 Å². The summed E-state index contributed by atoms with van der Waals surface area (Å²) in [6.45, 7) is 3.37. The Kier molecular flexibility index (Phi) is 5.14. The molecule has 0 spiro atoms. The van der Waals surface area contributed by atoms with E-state index in [1.165, 1.54) is 4.88 Å². The highest BCUT2D eigenvalue weighted by Crippen LogP contribution is 2.23. The van der Waals surface area contributed by atoms with E-state index in [4.69, 9.17) is 0 Å². The number of nitrogens with one attached hydrogen (secondary N) is 1. The number of nitrogens with zero attached hydrogens (tertiary/aromatic N) is 1. The van der Waals surface area contributed by atoms with Crippen molar-refractivity contribution in [3.63, 3.8) is 0 Å². The quantitative estimate of drug-likeness (QED) is 0.827. The van der Waals surface area contributed by atoms with Gasteiger partial charge in [0.2, 0.25) is 5.91 Å². The first-order valence-electron chi connectivity index (χ1n) is 6.84. The first-order valence-corrected chi connectivity index (χ1v) is 7.72. The molecule has 2 unspecified atom stereocenters. The summed E-state index contributed by atoms with van der Waals surface area (Å²) in [5, 5.41) is 14.1. The fraction of sp³-hybridized carbons (Fsp3) is 0.571. The van der Waals surface area contributed by atoms with E-state index in [9.17, 15) is 14.7 Å². The van der Waals surface area contributed by atoms with Crippen LogP contribution >= 0.6 is 11.3 Å². The Balaban J connectivity index is 1.75. The highest BCUT2D eigenvalue weighted by atomic mass is 32.1. The third-order valence-corrected chi connectivity index (χ3v) is 4.61. The second kappa shape index (κ2) is 6.85. The van der Waals surface area contributed by atoms with Crippen molar-refractivity contribution < 1.29 is 14.7 Å². The van der Waals surface area contributed by atoms with Gasteiger partial charge in [-0.1, -0.05) is 13.0 Å². The van der Waals surface area contributed by atoms with Crippen molar-refractivity contribution in [2.24, 2.45) is 5.92 Å². The third-order valence-electron chi connectivity index (χ3n) is 3.68. The third kappa shape index (κ3) is 3.80. The van der Waals surface area contributed by atoms with Crippen molar-refractivity contribution in [3.8, 4) is 0 Å². The van der Waals surface area contributed by atoms with Gasteiger partial charge in [-0.15, -0.1) is 11.3 Å². The summed E-state index contributed by atoms with van der Waals surface area (Å²) < 4.78 is 0. The van der Waals surface area contributed by atoms with Crippen molar-refractivity contribution >= 4 is 23.2 Å². The van der Waals surface area contributed by atoms with Gasteiger partial charge in [-0.05, 0) is 36.8 Å². The number of carbonyl (C=O) groups excluding carboxylic acids is 1. The van der Waals surface area contributed by atoms with Crippen molar-refractivity contribution in [1.82, 2.24) is 10.2 Å². The molecule has 0 aliphatic carbocycles. The normalized spacial score (nSPS) is 22.9. The molecule has 110 valence electrons. The molecule has 5 nitrogen and oxygen atoms in total. The minimum atomic E-state index is -0.832. The van der Waals surface area contributed by atoms with Crippen LogP contribution in [0.3, 0.4) is 0 Å². The van der Waals surface area contributed by atoms with Crippen LogP contribution in [0.4, 0.5) is 0 Å². The number of rotatable bonds is 6. The maximum Gasteiger partial charge on any atom is 0.321 e. The Morgan fingerprint density at radius 2 is 2.35 bits per heavy atom. The first kappa shape index (κ1) is 15.0. The topological polar surface area (TPSA) is 69.6 Å². The van der Waals surface area contributed by atoms with Gasteiger partial charge in [-0.25, -0.2) is 0 Å². The fourth-order valence-corrected chi connectivity index (χ4v) is 3.33. The molecule has 1 amide bonds. The minimum absolute atomic E-state index is 0.0955. The Bertz CT molecular complexity index is 461. The molecule has 6 heteroatoms. The van der Waals surface area contributed by atoms with Crippen LogP contribution in [0.15, 0.2) is 17.5 Å². The number of carboxylic acid groups (broad SMARTS) is 1. The van der Waals surface area contributed by atoms with Crippen LogP contribution in [0, 0.1) is 5.92 Å². The molecule has 0 saturated carbocycles. The lowest BCUT2D eigenvalue weighted by molar-refractivity contribution is -0.143. The van der Waals surface area contributed by atoms with Crippen LogP contribution in [0.2, 0.25) is 0 Å². The standard InChI is InChI=1S/C14H20N2O3S/c1-10-5-7-16(13(10)14(18)19)9-12(17)15-6-4-11-3-2-8-20-11/h2-3,8,10,13H,4-7,9H2,1H3,(H,15,17)(H,18,19). The molecule has 0 aromatic carbocycles. The number of carbonyl (C=O) groups is 2. The molecule has 1 fully saturated rings. The number of aliphatic carboxylic acids is 1. The SMILES string of the molecule is CC1CCN(CC(=O)NCCc2cccs2)C1C(=O)O. The average Bonchev–Trinajstić information content (AvgIpc) is 2.99. The zero-order valence-corrected chi connectivity index (χ0v) is 12.4. The molecule has 20 heavy (non-hydrogen) atoms. The lowest BCUT2D eigenvalue weighted by Crippen LogP contribution is -2.44. The van der Waals surface area contributed by atoms with Crippen LogP contribution in [0.25, 0.3) is 0 Å². The van der Waals surface area contributed by atoms with Crippen molar-refractivity contribution in [3.05, 3.63) is 22.4 Å². The predicted octanol–water partition coefficient (Wildman–Crippen LogP) is 1.20. The van der Waals surface area contributed by atoms with E-state index < -0.39 is 12.0 Å². The Hall–Kier alpha value is -1.40. The van der Waals surface area contributed by atoms with E-state index in [1.54, 1.807) is 16.2 Å². The molecule has 0 radical (unpaired) electrons. The smallest absolute Gasteiger partial charge is 0.321 e. The first-order chi connectivity index (χ1) is 9.58. The van der Waals surface area contributed by atoms with E-state index in [1.807, 2.05) is 24.4 Å². The molecular weight excluding hydrogens is 276 g/mol. The van der Waals surface area contributed by atoms with Gasteiger partial charge >= 0.3 is 5.97 Å². The molecule has 1 aromatic rings. The summed E-state index contributed by atoms with van der Waals surface area (Å²) in [7, 11) is 0. The average molecular weight is 296 g/mol. The van der Waals surface area contributed by atoms with Gasteiger partial charge in [0.05, 0.1) is 6.54 Å². The Morgan fingerprint density at radius 3 is 3.00 bits per heavy atom. The maximum atomic E-state index is 11.9. The number of hydrogen-bond donors (Lipinski definition) is 2. The maximum absolute atomic E-state index is 11.9. The van der Waals surface area contributed by atoms with Gasteiger partial charge in [0.25, 0.3) is 0 Å². The second-order valence-corrected chi connectivity index (χ2v) is 6.23. The van der Waals surface area contributed by atoms with Crippen LogP contribution in [-0.2, 0) is 16.0 Å². The highest BCUT2D eigenvalue weighted by Gasteiger charge is 2.37. The number of carboxylic acids is 1. The van der Waals surface area contributed by atoms with Crippen molar-refractivity contribution in [2.45, 2.75) is 25.8 Å². The largest absolute Gasteiger partial charge is 0.480 e. The van der Waals surface area contributed by atoms with Gasteiger partial charge in [0, 0.05) is 11.4 Å². The van der Waals surface area contributed by atoms with Crippen molar-refractivity contribution in [1.29, 1.82) is 0 Å². The fourth-order valence-electron chi connectivity index (χ4n) is 2.62. The lowest BCUT2D eigenvalue weighted by Gasteiger charge is -2.22. The zero-order valence-electron chi connectivity index (χ0n) is 11.5. The molecule has 0 bridgehead atoms. The second-order valence-electron chi connectivity index (χ2n) is 5.20. The van der Waals surface area contributed by atoms with Gasteiger partial charge in [0.15, 0.2) is 0 Å². The van der Waals surface area contributed by atoms with Gasteiger partial charge in [-0.3, -0.25) is 14.5 Å². The molecule has 2 heterocycles. The summed E-state index contributed by atoms with van der Waals surface area (Å²) in [6, 6.07) is 3.50. The zero-order chi connectivity index (χ0) is 14.5. The molecule has 1 aromatic heterocycles. The van der Waals surface area contributed by atoms with Crippen LogP contribution in [-0.4, -0.2) is 47.6 Å². The van der Waals surface area contributed by atoms with Gasteiger partial charge in [0.1, 0.15) is 6.04 Å². The monoisotopic (exact) mass is 296 g/mol. The molecule has 2 N–H and O–H groups in total. The van der Waals surface area contributed by atoms with Gasteiger partial charge < -0.3 is 10.4 Å². The molecular formula is C14H20N2O3S. The minimum Gasteiger partial charge on any atom is -0.480 e. The number of thiophene rings is 1. The number of likely N-dealkylation sites (tertiary alicyclic amines) is 1. The van der Waals surface area contributed by atoms with Crippen LogP contribution < -0.4 is 5.32 Å². The number of amides is 1. The lowest BCUT2D eigenvalue weighted by atomic mass is 10.0. The highest BCUT2D eigenvalue weighted by molar-refractivity contribution is 7.09. The predicted molar refractivity (Wildman–Crippen MR) is 77.8 cm³/mol. The van der Waals surface area contributed by atoms with E-state index in [0.717, 1.165) is 12.8 Å². The van der Waals surface area contributed by atoms with Crippen LogP contribution in [0.5, 0.6) is 0 Å². The van der Waals surface area contributed by atoms with E-state index >= 15 is 0 Å². The Morgan fingerprint density at radius 1 is 1.55 bits per heavy atom. The van der Waals surface area contributed by atoms with Crippen LogP contribution in [0.1, 0.15) is 18.2 Å². The molecule has 1 aliphatic rings. The summed E-state index contributed by atoms with van der Waals surface area (Å²) in [5.41, 5.74) is 0. The molecule has 2 rings (SSSR count). The summed E-state index contributed by atoms with van der Waals surface area (Å²) in [4.78, 5) is 26.1. The summed E-state index contributed by atoms with van der Waals surface area (Å²) in [6.07, 6.45) is 1.65. The molecule has 2 atom stereocenters.